The van der Waals surface area contributed by atoms with E-state index in [1.165, 1.54) is 12.7 Å². The zero-order valence-corrected chi connectivity index (χ0v) is 17.5. The second-order valence-electron chi connectivity index (χ2n) is 7.84. The van der Waals surface area contributed by atoms with Crippen LogP contribution >= 0.6 is 0 Å². The Morgan fingerprint density at radius 1 is 1.17 bits per heavy atom. The molecule has 5 nitrogen and oxygen atoms in total. The Labute approximate surface area is 173 Å². The predicted molar refractivity (Wildman–Crippen MR) is 115 cm³/mol. The minimum Gasteiger partial charge on any atom is -0.375 e. The average Bonchev–Trinajstić information content (AvgIpc) is 3.14. The summed E-state index contributed by atoms with van der Waals surface area (Å²) >= 11 is 0. The van der Waals surface area contributed by atoms with Gasteiger partial charge in [-0.05, 0) is 43.4 Å². The van der Waals surface area contributed by atoms with Crippen molar-refractivity contribution in [2.45, 2.75) is 26.7 Å². The van der Waals surface area contributed by atoms with Gasteiger partial charge in [0.1, 0.15) is 6.61 Å². The molecule has 1 unspecified atom stereocenters. The molecule has 1 aliphatic rings. The largest absolute Gasteiger partial charge is 0.375 e. The first-order chi connectivity index (χ1) is 14.0. The Kier molecular flexibility index (Phi) is 6.70. The third kappa shape index (κ3) is 4.67. The van der Waals surface area contributed by atoms with E-state index in [9.17, 15) is 9.59 Å². The molecule has 1 saturated heterocycles. The molecular weight excluding hydrogens is 364 g/mol. The number of amides is 2. The number of nitrogens with zero attached hydrogens (tertiary/aromatic N) is 1. The van der Waals surface area contributed by atoms with E-state index in [0.29, 0.717) is 32.5 Å². The summed E-state index contributed by atoms with van der Waals surface area (Å²) in [5.74, 6) is -0.0441. The number of hydrogen-bond donors (Lipinski definition) is 1. The minimum absolute atomic E-state index is 0.0202. The van der Waals surface area contributed by atoms with Crippen LogP contribution in [0, 0.1) is 12.3 Å². The molecule has 2 amide bonds. The van der Waals surface area contributed by atoms with Crippen molar-refractivity contribution < 1.29 is 14.3 Å². The number of nitrogens with one attached hydrogen (secondary N) is 1. The van der Waals surface area contributed by atoms with Crippen molar-refractivity contribution in [1.29, 1.82) is 0 Å². The van der Waals surface area contributed by atoms with E-state index < -0.39 is 5.41 Å². The predicted octanol–water partition coefficient (Wildman–Crippen LogP) is 3.21. The normalized spacial score (nSPS) is 18.7. The Hall–Kier alpha value is -2.66. The summed E-state index contributed by atoms with van der Waals surface area (Å²) in [6.45, 7) is 5.63. The molecule has 2 aromatic rings. The summed E-state index contributed by atoms with van der Waals surface area (Å²) in [6.07, 6.45) is 1.25. The number of hydrogen-bond acceptors (Lipinski definition) is 3. The zero-order valence-electron chi connectivity index (χ0n) is 17.5. The van der Waals surface area contributed by atoms with Crippen LogP contribution in [0.15, 0.2) is 48.5 Å². The van der Waals surface area contributed by atoms with Crippen LogP contribution in [0.4, 0.5) is 0 Å². The molecule has 29 heavy (non-hydrogen) atoms. The number of benzene rings is 2. The van der Waals surface area contributed by atoms with Crippen molar-refractivity contribution in [3.63, 3.8) is 0 Å². The maximum atomic E-state index is 13.1. The Morgan fingerprint density at radius 3 is 2.69 bits per heavy atom. The number of likely N-dealkylation sites (tertiary alicyclic amines) is 1. The van der Waals surface area contributed by atoms with Crippen LogP contribution in [0.2, 0.25) is 0 Å². The summed E-state index contributed by atoms with van der Waals surface area (Å²) in [5, 5.41) is 3.00. The van der Waals surface area contributed by atoms with Gasteiger partial charge in [-0.25, -0.2) is 0 Å². The molecule has 0 radical (unpaired) electrons. The van der Waals surface area contributed by atoms with Crippen LogP contribution in [0.25, 0.3) is 11.1 Å². The summed E-state index contributed by atoms with van der Waals surface area (Å²) in [4.78, 5) is 27.2. The highest BCUT2D eigenvalue weighted by atomic mass is 16.5. The Balaban J connectivity index is 1.94. The first-order valence-corrected chi connectivity index (χ1v) is 10.2. The van der Waals surface area contributed by atoms with Gasteiger partial charge in [-0.3, -0.25) is 9.59 Å². The summed E-state index contributed by atoms with van der Waals surface area (Å²) < 4.78 is 5.01. The van der Waals surface area contributed by atoms with E-state index in [1.807, 2.05) is 19.1 Å². The SMILES string of the molecule is CCNC(=O)C1(Cc2ccccc2-c2cccc(C)c2)CCN(C(=O)COC)C1. The van der Waals surface area contributed by atoms with E-state index in [-0.39, 0.29) is 18.4 Å². The van der Waals surface area contributed by atoms with Crippen molar-refractivity contribution in [3.8, 4) is 11.1 Å². The van der Waals surface area contributed by atoms with Crippen molar-refractivity contribution in [3.05, 3.63) is 59.7 Å². The van der Waals surface area contributed by atoms with Gasteiger partial charge in [-0.2, -0.15) is 0 Å². The molecule has 2 aromatic carbocycles. The van der Waals surface area contributed by atoms with E-state index >= 15 is 0 Å². The fraction of sp³-hybridized carbons (Fsp3) is 0.417. The lowest BCUT2D eigenvalue weighted by Gasteiger charge is -2.29. The first-order valence-electron chi connectivity index (χ1n) is 10.2. The zero-order chi connectivity index (χ0) is 20.9. The van der Waals surface area contributed by atoms with E-state index in [1.54, 1.807) is 4.90 Å². The molecule has 154 valence electrons. The number of methoxy groups -OCH3 is 1. The second-order valence-corrected chi connectivity index (χ2v) is 7.84. The van der Waals surface area contributed by atoms with E-state index in [4.69, 9.17) is 4.74 Å². The van der Waals surface area contributed by atoms with Gasteiger partial charge in [-0.15, -0.1) is 0 Å². The standard InChI is InChI=1S/C24H30N2O3/c1-4-25-23(28)24(12-13-26(17-24)22(27)16-29-3)15-20-9-5-6-11-21(20)19-10-7-8-18(2)14-19/h5-11,14H,4,12-13,15-17H2,1-3H3,(H,25,28). The van der Waals surface area contributed by atoms with Gasteiger partial charge >= 0.3 is 0 Å². The lowest BCUT2D eigenvalue weighted by Crippen LogP contribution is -2.45. The number of carbonyl (C=O) groups is 2. The highest BCUT2D eigenvalue weighted by Crippen LogP contribution is 2.37. The molecule has 1 aliphatic heterocycles. The quantitative estimate of drug-likeness (QED) is 0.785. The van der Waals surface area contributed by atoms with Gasteiger partial charge in [0.15, 0.2) is 0 Å². The third-order valence-electron chi connectivity index (χ3n) is 5.67. The first kappa shape index (κ1) is 21.1. The summed E-state index contributed by atoms with van der Waals surface area (Å²) in [6, 6.07) is 16.7. The highest BCUT2D eigenvalue weighted by Gasteiger charge is 2.46. The lowest BCUT2D eigenvalue weighted by atomic mass is 9.78. The van der Waals surface area contributed by atoms with Crippen LogP contribution < -0.4 is 5.32 Å². The van der Waals surface area contributed by atoms with Crippen LogP contribution in [0.3, 0.4) is 0 Å². The molecule has 0 saturated carbocycles. The van der Waals surface area contributed by atoms with Crippen molar-refractivity contribution >= 4 is 11.8 Å². The van der Waals surface area contributed by atoms with Gasteiger partial charge in [0, 0.05) is 26.7 Å². The van der Waals surface area contributed by atoms with Crippen molar-refractivity contribution in [1.82, 2.24) is 10.2 Å². The molecule has 1 N–H and O–H groups in total. The molecule has 0 bridgehead atoms. The van der Waals surface area contributed by atoms with E-state index in [2.05, 4.69) is 48.6 Å². The molecule has 0 aliphatic carbocycles. The summed E-state index contributed by atoms with van der Waals surface area (Å²) in [5.41, 5.74) is 4.00. The fourth-order valence-corrected chi connectivity index (χ4v) is 4.19. The van der Waals surface area contributed by atoms with Crippen LogP contribution in [0.1, 0.15) is 24.5 Å². The Bertz CT molecular complexity index is 880. The van der Waals surface area contributed by atoms with Crippen LogP contribution in [-0.4, -0.2) is 50.1 Å². The van der Waals surface area contributed by atoms with Crippen molar-refractivity contribution in [2.24, 2.45) is 5.41 Å². The minimum atomic E-state index is -0.626. The van der Waals surface area contributed by atoms with Gasteiger partial charge in [0.2, 0.25) is 11.8 Å². The smallest absolute Gasteiger partial charge is 0.248 e. The molecule has 1 fully saturated rings. The van der Waals surface area contributed by atoms with Gasteiger partial charge in [-0.1, -0.05) is 54.1 Å². The highest BCUT2D eigenvalue weighted by molar-refractivity contribution is 5.86. The number of ether oxygens (including phenoxy) is 1. The topological polar surface area (TPSA) is 58.6 Å². The number of rotatable bonds is 7. The molecule has 1 heterocycles. The second kappa shape index (κ2) is 9.23. The van der Waals surface area contributed by atoms with E-state index in [0.717, 1.165) is 16.7 Å². The molecule has 1 atom stereocenters. The monoisotopic (exact) mass is 394 g/mol. The van der Waals surface area contributed by atoms with Gasteiger partial charge in [0.25, 0.3) is 0 Å². The fourth-order valence-electron chi connectivity index (χ4n) is 4.19. The van der Waals surface area contributed by atoms with Crippen LogP contribution in [0.5, 0.6) is 0 Å². The average molecular weight is 395 g/mol. The number of aryl methyl sites for hydroxylation is 1. The summed E-state index contributed by atoms with van der Waals surface area (Å²) in [7, 11) is 1.52. The molecule has 0 aromatic heterocycles. The van der Waals surface area contributed by atoms with Crippen molar-refractivity contribution in [2.75, 3.05) is 33.4 Å². The maximum absolute atomic E-state index is 13.1. The molecular formula is C24H30N2O3. The molecule has 0 spiro atoms. The molecule has 3 rings (SSSR count). The maximum Gasteiger partial charge on any atom is 0.248 e. The lowest BCUT2D eigenvalue weighted by molar-refractivity contribution is -0.135. The Morgan fingerprint density at radius 2 is 1.97 bits per heavy atom. The van der Waals surface area contributed by atoms with Crippen LogP contribution in [-0.2, 0) is 20.7 Å². The third-order valence-corrected chi connectivity index (χ3v) is 5.67. The van der Waals surface area contributed by atoms with Gasteiger partial charge < -0.3 is 15.0 Å². The van der Waals surface area contributed by atoms with Gasteiger partial charge in [0.05, 0.1) is 5.41 Å². The number of carbonyl (C=O) groups excluding carboxylic acids is 2. The molecule has 5 heteroatoms.